The van der Waals surface area contributed by atoms with Crippen LogP contribution in [-0.4, -0.2) is 16.7 Å². The first-order valence-electron chi connectivity index (χ1n) is 6.45. The van der Waals surface area contributed by atoms with Gasteiger partial charge in [-0.25, -0.2) is 4.39 Å². The van der Waals surface area contributed by atoms with Gasteiger partial charge in [0.05, 0.1) is 5.92 Å². The maximum Gasteiger partial charge on any atom is 0.231 e. The molecule has 0 radical (unpaired) electrons. The Morgan fingerprint density at radius 3 is 2.79 bits per heavy atom. The zero-order chi connectivity index (χ0) is 13.8. The van der Waals surface area contributed by atoms with Crippen LogP contribution in [0.5, 0.6) is 0 Å². The Balaban J connectivity index is 2.29. The molecule has 1 aromatic heterocycles. The summed E-state index contributed by atoms with van der Waals surface area (Å²) >= 11 is 0. The third kappa shape index (κ3) is 3.17. The summed E-state index contributed by atoms with van der Waals surface area (Å²) < 4.78 is 18.6. The van der Waals surface area contributed by atoms with Gasteiger partial charge in [-0.3, -0.25) is 0 Å². The van der Waals surface area contributed by atoms with Crippen molar-refractivity contribution >= 4 is 0 Å². The molecule has 1 unspecified atom stereocenters. The van der Waals surface area contributed by atoms with Crippen molar-refractivity contribution < 1.29 is 8.91 Å². The summed E-state index contributed by atoms with van der Waals surface area (Å²) in [6, 6.07) is 4.69. The molecule has 0 bridgehead atoms. The second kappa shape index (κ2) is 5.93. The number of benzene rings is 1. The van der Waals surface area contributed by atoms with Crippen molar-refractivity contribution in [3.05, 3.63) is 35.5 Å². The molecule has 0 aliphatic carbocycles. The Labute approximate surface area is 111 Å². The van der Waals surface area contributed by atoms with Gasteiger partial charge in [0, 0.05) is 12.1 Å². The lowest BCUT2D eigenvalue weighted by Gasteiger charge is -2.06. The SMILES string of the molecule is CCCC(CN)c1nc(-c2cc(C)cc(F)c2)no1. The monoisotopic (exact) mass is 263 g/mol. The standard InChI is InChI=1S/C14H18FN3O/c1-3-4-10(8-16)14-17-13(18-19-14)11-5-9(2)6-12(15)7-11/h5-7,10H,3-4,8,16H2,1-2H3. The average Bonchev–Trinajstić information content (AvgIpc) is 2.84. The molecule has 1 atom stereocenters. The molecule has 0 aliphatic heterocycles. The number of hydrogen-bond donors (Lipinski definition) is 1. The fourth-order valence-electron chi connectivity index (χ4n) is 2.07. The highest BCUT2D eigenvalue weighted by Crippen LogP contribution is 2.23. The third-order valence-corrected chi connectivity index (χ3v) is 3.01. The Bertz CT molecular complexity index is 533. The number of nitrogens with zero attached hydrogens (tertiary/aromatic N) is 2. The van der Waals surface area contributed by atoms with Crippen LogP contribution in [0.2, 0.25) is 0 Å². The van der Waals surface area contributed by atoms with Crippen LogP contribution >= 0.6 is 0 Å². The van der Waals surface area contributed by atoms with Crippen LogP contribution in [-0.2, 0) is 0 Å². The summed E-state index contributed by atoms with van der Waals surface area (Å²) in [6.45, 7) is 4.38. The van der Waals surface area contributed by atoms with E-state index in [0.717, 1.165) is 18.4 Å². The quantitative estimate of drug-likeness (QED) is 0.900. The number of nitrogens with two attached hydrogens (primary N) is 1. The zero-order valence-electron chi connectivity index (χ0n) is 11.2. The first-order valence-corrected chi connectivity index (χ1v) is 6.45. The van der Waals surface area contributed by atoms with Crippen LogP contribution in [0.1, 0.15) is 37.1 Å². The predicted octanol–water partition coefficient (Wildman–Crippen LogP) is 3.03. The number of halogens is 1. The fourth-order valence-corrected chi connectivity index (χ4v) is 2.07. The summed E-state index contributed by atoms with van der Waals surface area (Å²) in [7, 11) is 0. The molecule has 1 aromatic carbocycles. The van der Waals surface area contributed by atoms with Gasteiger partial charge >= 0.3 is 0 Å². The first kappa shape index (κ1) is 13.7. The zero-order valence-corrected chi connectivity index (χ0v) is 11.2. The Hall–Kier alpha value is -1.75. The van der Waals surface area contributed by atoms with Crippen molar-refractivity contribution in [1.29, 1.82) is 0 Å². The minimum Gasteiger partial charge on any atom is -0.339 e. The molecule has 4 nitrogen and oxygen atoms in total. The molecule has 19 heavy (non-hydrogen) atoms. The van der Waals surface area contributed by atoms with E-state index in [1.165, 1.54) is 12.1 Å². The van der Waals surface area contributed by atoms with Crippen molar-refractivity contribution in [1.82, 2.24) is 10.1 Å². The van der Waals surface area contributed by atoms with Crippen LogP contribution in [0.3, 0.4) is 0 Å². The smallest absolute Gasteiger partial charge is 0.231 e. The molecule has 2 N–H and O–H groups in total. The van der Waals surface area contributed by atoms with E-state index in [9.17, 15) is 4.39 Å². The molecule has 0 saturated heterocycles. The highest BCUT2D eigenvalue weighted by Gasteiger charge is 2.17. The molecule has 0 amide bonds. The summed E-state index contributed by atoms with van der Waals surface area (Å²) in [5.41, 5.74) is 7.15. The second-order valence-corrected chi connectivity index (χ2v) is 4.69. The lowest BCUT2D eigenvalue weighted by Crippen LogP contribution is -2.12. The highest BCUT2D eigenvalue weighted by atomic mass is 19.1. The summed E-state index contributed by atoms with van der Waals surface area (Å²) in [4.78, 5) is 4.33. The lowest BCUT2D eigenvalue weighted by molar-refractivity contribution is 0.347. The molecule has 0 fully saturated rings. The average molecular weight is 263 g/mol. The third-order valence-electron chi connectivity index (χ3n) is 3.01. The molecule has 0 spiro atoms. The van der Waals surface area contributed by atoms with E-state index in [1.807, 2.05) is 13.0 Å². The molecule has 102 valence electrons. The van der Waals surface area contributed by atoms with E-state index in [1.54, 1.807) is 0 Å². The Morgan fingerprint density at radius 2 is 2.16 bits per heavy atom. The minimum absolute atomic E-state index is 0.0703. The van der Waals surface area contributed by atoms with Gasteiger partial charge in [-0.05, 0) is 37.1 Å². The first-order chi connectivity index (χ1) is 9.13. The van der Waals surface area contributed by atoms with Crippen LogP contribution in [0.4, 0.5) is 4.39 Å². The molecular formula is C14H18FN3O. The van der Waals surface area contributed by atoms with Gasteiger partial charge in [0.2, 0.25) is 11.7 Å². The van der Waals surface area contributed by atoms with Crippen molar-refractivity contribution in [2.24, 2.45) is 5.73 Å². The number of aryl methyl sites for hydroxylation is 1. The van der Waals surface area contributed by atoms with E-state index in [-0.39, 0.29) is 11.7 Å². The lowest BCUT2D eigenvalue weighted by atomic mass is 10.0. The molecule has 1 heterocycles. The summed E-state index contributed by atoms with van der Waals surface area (Å²) in [5, 5.41) is 3.91. The fraction of sp³-hybridized carbons (Fsp3) is 0.429. The predicted molar refractivity (Wildman–Crippen MR) is 71.1 cm³/mol. The van der Waals surface area contributed by atoms with Crippen LogP contribution < -0.4 is 5.73 Å². The molecule has 5 heteroatoms. The van der Waals surface area contributed by atoms with Gasteiger partial charge in [0.25, 0.3) is 0 Å². The number of rotatable bonds is 5. The van der Waals surface area contributed by atoms with Gasteiger partial charge in [0.15, 0.2) is 0 Å². The van der Waals surface area contributed by atoms with E-state index in [4.69, 9.17) is 10.3 Å². The van der Waals surface area contributed by atoms with E-state index < -0.39 is 0 Å². The van der Waals surface area contributed by atoms with Crippen molar-refractivity contribution in [2.45, 2.75) is 32.6 Å². The molecular weight excluding hydrogens is 245 g/mol. The highest BCUT2D eigenvalue weighted by molar-refractivity contribution is 5.55. The van der Waals surface area contributed by atoms with E-state index in [2.05, 4.69) is 17.1 Å². The van der Waals surface area contributed by atoms with Crippen LogP contribution in [0.25, 0.3) is 11.4 Å². The molecule has 0 saturated carbocycles. The van der Waals surface area contributed by atoms with Gasteiger partial charge in [-0.15, -0.1) is 0 Å². The van der Waals surface area contributed by atoms with Gasteiger partial charge in [-0.1, -0.05) is 18.5 Å². The number of hydrogen-bond acceptors (Lipinski definition) is 4. The van der Waals surface area contributed by atoms with Crippen LogP contribution in [0.15, 0.2) is 22.7 Å². The van der Waals surface area contributed by atoms with Crippen molar-refractivity contribution in [2.75, 3.05) is 6.54 Å². The molecule has 2 rings (SSSR count). The van der Waals surface area contributed by atoms with Gasteiger partial charge in [-0.2, -0.15) is 4.98 Å². The van der Waals surface area contributed by atoms with E-state index >= 15 is 0 Å². The summed E-state index contributed by atoms with van der Waals surface area (Å²) in [5.74, 6) is 0.708. The maximum atomic E-state index is 13.4. The van der Waals surface area contributed by atoms with Gasteiger partial charge in [0.1, 0.15) is 5.82 Å². The van der Waals surface area contributed by atoms with E-state index in [0.29, 0.717) is 23.8 Å². The molecule has 0 aliphatic rings. The maximum absolute atomic E-state index is 13.4. The normalized spacial score (nSPS) is 12.6. The van der Waals surface area contributed by atoms with Gasteiger partial charge < -0.3 is 10.3 Å². The summed E-state index contributed by atoms with van der Waals surface area (Å²) in [6.07, 6.45) is 1.90. The largest absolute Gasteiger partial charge is 0.339 e. The van der Waals surface area contributed by atoms with Crippen molar-refractivity contribution in [3.63, 3.8) is 0 Å². The molecule has 2 aromatic rings. The van der Waals surface area contributed by atoms with Crippen LogP contribution in [0, 0.1) is 12.7 Å². The second-order valence-electron chi connectivity index (χ2n) is 4.69. The topological polar surface area (TPSA) is 64.9 Å². The Morgan fingerprint density at radius 1 is 1.37 bits per heavy atom. The Kier molecular flexibility index (Phi) is 4.27. The van der Waals surface area contributed by atoms with Crippen molar-refractivity contribution in [3.8, 4) is 11.4 Å². The number of aromatic nitrogens is 2. The minimum atomic E-state index is -0.301.